The third kappa shape index (κ3) is 5.35. The molecule has 0 amide bonds. The second kappa shape index (κ2) is 5.03. The molecule has 0 bridgehead atoms. The number of allylic oxidation sites excluding steroid dienone is 2. The molecular weight excluding hydrogens is 129 g/mol. The van der Waals surface area contributed by atoms with Gasteiger partial charge in [0.05, 0.1) is 0 Å². The summed E-state index contributed by atoms with van der Waals surface area (Å²) in [7, 11) is 1.91. The fourth-order valence-electron chi connectivity index (χ4n) is 0.635. The van der Waals surface area contributed by atoms with E-state index in [2.05, 4.69) is 13.5 Å². The van der Waals surface area contributed by atoms with Gasteiger partial charge in [0, 0.05) is 19.8 Å². The molecule has 10 heavy (non-hydrogen) atoms. The average molecular weight is 143 g/mol. The molecule has 0 aliphatic carbocycles. The third-order valence-electron chi connectivity index (χ3n) is 1.09. The second-order valence-electron chi connectivity index (χ2n) is 2.24. The fraction of sp³-hybridized carbons (Fsp3) is 0.500. The van der Waals surface area contributed by atoms with Crippen LogP contribution < -0.4 is 0 Å². The van der Waals surface area contributed by atoms with Crippen LogP contribution in [0.5, 0.6) is 0 Å². The molecular formula is C8H14FN. The van der Waals surface area contributed by atoms with E-state index in [-0.39, 0.29) is 0 Å². The van der Waals surface area contributed by atoms with Gasteiger partial charge in [0.1, 0.15) is 5.83 Å². The Balaban J connectivity index is 3.55. The van der Waals surface area contributed by atoms with Crippen LogP contribution in [-0.2, 0) is 0 Å². The summed E-state index contributed by atoms with van der Waals surface area (Å²) in [5, 5.41) is 0. The first-order chi connectivity index (χ1) is 4.66. The van der Waals surface area contributed by atoms with Crippen molar-refractivity contribution in [2.45, 2.75) is 13.3 Å². The lowest BCUT2D eigenvalue weighted by Crippen LogP contribution is -2.10. The lowest BCUT2D eigenvalue weighted by molar-refractivity contribution is 0.452. The molecule has 0 unspecified atom stereocenters. The van der Waals surface area contributed by atoms with Crippen molar-refractivity contribution in [3.05, 3.63) is 24.7 Å². The molecule has 0 saturated heterocycles. The van der Waals surface area contributed by atoms with Crippen LogP contribution in [0.15, 0.2) is 24.7 Å². The van der Waals surface area contributed by atoms with Gasteiger partial charge in [-0.1, -0.05) is 13.5 Å². The van der Waals surface area contributed by atoms with Crippen LogP contribution >= 0.6 is 0 Å². The molecule has 1 nitrogen and oxygen atoms in total. The van der Waals surface area contributed by atoms with Crippen LogP contribution in [0.25, 0.3) is 0 Å². The van der Waals surface area contributed by atoms with Gasteiger partial charge in [-0.15, -0.1) is 0 Å². The quantitative estimate of drug-likeness (QED) is 0.546. The molecule has 0 aromatic carbocycles. The Labute approximate surface area is 61.8 Å². The van der Waals surface area contributed by atoms with Crippen molar-refractivity contribution in [2.24, 2.45) is 0 Å². The second-order valence-corrected chi connectivity index (χ2v) is 2.24. The van der Waals surface area contributed by atoms with E-state index in [1.165, 1.54) is 6.08 Å². The Kier molecular flexibility index (Phi) is 4.63. The SMILES string of the molecule is C=C(F)/C=C\N(C)CCC. The Morgan fingerprint density at radius 3 is 2.70 bits per heavy atom. The zero-order valence-electron chi connectivity index (χ0n) is 6.60. The lowest BCUT2D eigenvalue weighted by Gasteiger charge is -2.10. The summed E-state index contributed by atoms with van der Waals surface area (Å²) < 4.78 is 12.0. The number of halogens is 1. The summed E-state index contributed by atoms with van der Waals surface area (Å²) in [4.78, 5) is 1.92. The van der Waals surface area contributed by atoms with Crippen molar-refractivity contribution < 1.29 is 4.39 Å². The van der Waals surface area contributed by atoms with Crippen LogP contribution in [-0.4, -0.2) is 18.5 Å². The van der Waals surface area contributed by atoms with Gasteiger partial charge < -0.3 is 4.90 Å². The smallest absolute Gasteiger partial charge is 0.117 e. The molecule has 0 aliphatic rings. The van der Waals surface area contributed by atoms with E-state index in [1.807, 2.05) is 11.9 Å². The highest BCUT2D eigenvalue weighted by Gasteiger charge is 1.86. The van der Waals surface area contributed by atoms with E-state index in [0.29, 0.717) is 0 Å². The van der Waals surface area contributed by atoms with Gasteiger partial charge >= 0.3 is 0 Å². The first-order valence-corrected chi connectivity index (χ1v) is 3.39. The van der Waals surface area contributed by atoms with Gasteiger partial charge in [-0.25, -0.2) is 4.39 Å². The highest BCUT2D eigenvalue weighted by atomic mass is 19.1. The standard InChI is InChI=1S/C8H14FN/c1-4-6-10(3)7-5-8(2)9/h5,7H,2,4,6H2,1,3H3/b7-5-. The predicted octanol–water partition coefficient (Wildman–Crippen LogP) is 2.33. The maximum absolute atomic E-state index is 12.0. The van der Waals surface area contributed by atoms with Gasteiger partial charge in [-0.2, -0.15) is 0 Å². The van der Waals surface area contributed by atoms with Crippen LogP contribution in [0.3, 0.4) is 0 Å². The summed E-state index contributed by atoms with van der Waals surface area (Å²) in [6.45, 7) is 6.13. The summed E-state index contributed by atoms with van der Waals surface area (Å²) in [5.74, 6) is -0.400. The monoisotopic (exact) mass is 143 g/mol. The van der Waals surface area contributed by atoms with E-state index in [4.69, 9.17) is 0 Å². The van der Waals surface area contributed by atoms with Gasteiger partial charge in [0.2, 0.25) is 0 Å². The van der Waals surface area contributed by atoms with Crippen LogP contribution in [0.4, 0.5) is 4.39 Å². The molecule has 0 rings (SSSR count). The topological polar surface area (TPSA) is 3.24 Å². The molecule has 0 aliphatic heterocycles. The molecule has 2 heteroatoms. The van der Waals surface area contributed by atoms with Crippen molar-refractivity contribution in [1.82, 2.24) is 4.90 Å². The van der Waals surface area contributed by atoms with Crippen LogP contribution in [0, 0.1) is 0 Å². The van der Waals surface area contributed by atoms with E-state index < -0.39 is 5.83 Å². The minimum absolute atomic E-state index is 0.400. The molecule has 0 N–H and O–H groups in total. The molecule has 0 radical (unpaired) electrons. The fourth-order valence-corrected chi connectivity index (χ4v) is 0.635. The first-order valence-electron chi connectivity index (χ1n) is 3.39. The molecule has 0 aromatic heterocycles. The Bertz CT molecular complexity index is 129. The first kappa shape index (κ1) is 9.21. The Morgan fingerprint density at radius 1 is 1.70 bits per heavy atom. The molecule has 0 fully saturated rings. The highest BCUT2D eigenvalue weighted by Crippen LogP contribution is 1.95. The minimum atomic E-state index is -0.400. The van der Waals surface area contributed by atoms with E-state index >= 15 is 0 Å². The maximum atomic E-state index is 12.0. The number of hydrogen-bond acceptors (Lipinski definition) is 1. The van der Waals surface area contributed by atoms with Crippen molar-refractivity contribution >= 4 is 0 Å². The minimum Gasteiger partial charge on any atom is -0.380 e. The molecule has 0 saturated carbocycles. The normalized spacial score (nSPS) is 10.3. The van der Waals surface area contributed by atoms with Gasteiger partial charge in [0.25, 0.3) is 0 Å². The molecule has 0 aromatic rings. The Morgan fingerprint density at radius 2 is 2.30 bits per heavy atom. The van der Waals surface area contributed by atoms with Crippen molar-refractivity contribution in [3.63, 3.8) is 0 Å². The zero-order chi connectivity index (χ0) is 7.98. The summed E-state index contributed by atoms with van der Waals surface area (Å²) in [6.07, 6.45) is 4.11. The summed E-state index contributed by atoms with van der Waals surface area (Å²) in [6, 6.07) is 0. The van der Waals surface area contributed by atoms with E-state index in [9.17, 15) is 4.39 Å². The van der Waals surface area contributed by atoms with Gasteiger partial charge in [-0.3, -0.25) is 0 Å². The van der Waals surface area contributed by atoms with Gasteiger partial charge in [-0.05, 0) is 12.5 Å². The number of nitrogens with zero attached hydrogens (tertiary/aromatic N) is 1. The highest BCUT2D eigenvalue weighted by molar-refractivity contribution is 5.04. The Hall–Kier alpha value is -0.790. The van der Waals surface area contributed by atoms with Crippen molar-refractivity contribution in [1.29, 1.82) is 0 Å². The molecule has 0 heterocycles. The van der Waals surface area contributed by atoms with Crippen LogP contribution in [0.2, 0.25) is 0 Å². The maximum Gasteiger partial charge on any atom is 0.117 e. The molecule has 0 spiro atoms. The number of rotatable bonds is 4. The summed E-state index contributed by atoms with van der Waals surface area (Å²) in [5.41, 5.74) is 0. The van der Waals surface area contributed by atoms with Crippen LogP contribution in [0.1, 0.15) is 13.3 Å². The van der Waals surface area contributed by atoms with E-state index in [1.54, 1.807) is 6.20 Å². The zero-order valence-corrected chi connectivity index (χ0v) is 6.60. The van der Waals surface area contributed by atoms with Gasteiger partial charge in [0.15, 0.2) is 0 Å². The number of hydrogen-bond donors (Lipinski definition) is 0. The largest absolute Gasteiger partial charge is 0.380 e. The van der Waals surface area contributed by atoms with Crippen molar-refractivity contribution in [3.8, 4) is 0 Å². The third-order valence-corrected chi connectivity index (χ3v) is 1.09. The lowest BCUT2D eigenvalue weighted by atomic mass is 10.4. The van der Waals surface area contributed by atoms with E-state index in [0.717, 1.165) is 13.0 Å². The molecule has 0 atom stereocenters. The average Bonchev–Trinajstić information content (AvgIpc) is 1.85. The summed E-state index contributed by atoms with van der Waals surface area (Å²) >= 11 is 0. The predicted molar refractivity (Wildman–Crippen MR) is 42.3 cm³/mol. The molecule has 58 valence electrons. The van der Waals surface area contributed by atoms with Crippen molar-refractivity contribution in [2.75, 3.05) is 13.6 Å².